The summed E-state index contributed by atoms with van der Waals surface area (Å²) in [5.74, 6) is 11.7. The third-order valence-electron chi connectivity index (χ3n) is 6.30. The van der Waals surface area contributed by atoms with Crippen molar-refractivity contribution in [3.63, 3.8) is 0 Å². The Morgan fingerprint density at radius 2 is 1.91 bits per heavy atom. The van der Waals surface area contributed by atoms with Crippen molar-refractivity contribution in [2.75, 3.05) is 20.2 Å². The monoisotopic (exact) mass is 480 g/mol. The van der Waals surface area contributed by atoms with Gasteiger partial charge in [0, 0.05) is 43.6 Å². The van der Waals surface area contributed by atoms with Crippen molar-refractivity contribution in [1.82, 2.24) is 20.9 Å². The van der Waals surface area contributed by atoms with Gasteiger partial charge < -0.3 is 20.7 Å². The molecule has 8 nitrogen and oxygen atoms in total. The molecular weight excluding hydrogens is 451 g/mol. The molecule has 0 unspecified atom stereocenters. The number of amides is 3. The summed E-state index contributed by atoms with van der Waals surface area (Å²) in [5, 5.41) is 8.52. The summed E-state index contributed by atoms with van der Waals surface area (Å²) in [5.41, 5.74) is 1.72. The number of hydrogen-bond donors (Lipinski definition) is 3. The quantitative estimate of drug-likeness (QED) is 0.548. The van der Waals surface area contributed by atoms with Gasteiger partial charge in [0.1, 0.15) is 12.2 Å². The molecule has 1 aromatic carbocycles. The number of nitrogens with zero attached hydrogens (tertiary/aromatic N) is 1. The van der Waals surface area contributed by atoms with E-state index in [9.17, 15) is 18.8 Å². The van der Waals surface area contributed by atoms with E-state index in [0.717, 1.165) is 11.1 Å². The highest BCUT2D eigenvalue weighted by Crippen LogP contribution is 2.27. The van der Waals surface area contributed by atoms with Crippen LogP contribution in [0.1, 0.15) is 36.8 Å². The Kier molecular flexibility index (Phi) is 7.89. The number of benzene rings is 1. The molecule has 184 valence electrons. The van der Waals surface area contributed by atoms with E-state index in [0.29, 0.717) is 5.92 Å². The molecule has 0 radical (unpaired) electrons. The summed E-state index contributed by atoms with van der Waals surface area (Å²) in [6.45, 7) is 0.559. The van der Waals surface area contributed by atoms with Crippen LogP contribution in [0.25, 0.3) is 0 Å². The molecule has 4 rings (SSSR count). The minimum absolute atomic E-state index is 0.113. The first-order valence-electron chi connectivity index (χ1n) is 11.8. The summed E-state index contributed by atoms with van der Waals surface area (Å²) in [7, 11) is 1.25. The molecule has 0 spiro atoms. The second kappa shape index (κ2) is 11.2. The van der Waals surface area contributed by atoms with Crippen molar-refractivity contribution < 1.29 is 23.5 Å². The smallest absolute Gasteiger partial charge is 0.410 e. The second-order valence-electron chi connectivity index (χ2n) is 9.08. The van der Waals surface area contributed by atoms with Gasteiger partial charge in [-0.15, -0.1) is 0 Å². The molecule has 35 heavy (non-hydrogen) atoms. The molecule has 0 aromatic heterocycles. The van der Waals surface area contributed by atoms with E-state index >= 15 is 0 Å². The van der Waals surface area contributed by atoms with Crippen LogP contribution >= 0.6 is 0 Å². The zero-order chi connectivity index (χ0) is 24.8. The predicted octanol–water partition coefficient (Wildman–Crippen LogP) is 1.09. The van der Waals surface area contributed by atoms with E-state index < -0.39 is 30.4 Å². The molecule has 1 aliphatic carbocycles. The maximum Gasteiger partial charge on any atom is 0.410 e. The Bertz CT molecular complexity index is 1080. The number of carbonyl (C=O) groups is 3. The lowest BCUT2D eigenvalue weighted by atomic mass is 10.1. The first kappa shape index (κ1) is 24.6. The highest BCUT2D eigenvalue weighted by Gasteiger charge is 2.41. The number of hydrogen-bond acceptors (Lipinski definition) is 5. The van der Waals surface area contributed by atoms with Gasteiger partial charge in [0.25, 0.3) is 0 Å². The largest absolute Gasteiger partial charge is 0.453 e. The lowest BCUT2D eigenvalue weighted by molar-refractivity contribution is -0.125. The number of rotatable bonds is 5. The van der Waals surface area contributed by atoms with Crippen LogP contribution in [0.5, 0.6) is 0 Å². The summed E-state index contributed by atoms with van der Waals surface area (Å²) in [4.78, 5) is 38.9. The van der Waals surface area contributed by atoms with Crippen LogP contribution < -0.4 is 16.0 Å². The molecule has 2 aliphatic heterocycles. The summed E-state index contributed by atoms with van der Waals surface area (Å²) in [6.07, 6.45) is 0.998. The summed E-state index contributed by atoms with van der Waals surface area (Å²) in [6, 6.07) is 5.67. The SMILES string of the molecule is COC(=O)N1C[C@H](NC(=O)[C@@H]2C[C@H](F)CN2)C[C@@H]1C(=O)NCc1ccc(C#CC#CC2CC2)cc1. The third-order valence-corrected chi connectivity index (χ3v) is 6.30. The average molecular weight is 481 g/mol. The molecule has 2 heterocycles. The van der Waals surface area contributed by atoms with Gasteiger partial charge in [-0.3, -0.25) is 14.5 Å². The van der Waals surface area contributed by atoms with Crippen LogP contribution in [0, 0.1) is 29.6 Å². The molecule has 9 heteroatoms. The Morgan fingerprint density at radius 3 is 2.57 bits per heavy atom. The zero-order valence-electron chi connectivity index (χ0n) is 19.6. The van der Waals surface area contributed by atoms with E-state index in [-0.39, 0.29) is 44.3 Å². The fourth-order valence-electron chi connectivity index (χ4n) is 4.18. The van der Waals surface area contributed by atoms with Gasteiger partial charge in [0.15, 0.2) is 0 Å². The van der Waals surface area contributed by atoms with Crippen molar-refractivity contribution in [2.24, 2.45) is 5.92 Å². The van der Waals surface area contributed by atoms with Gasteiger partial charge in [-0.05, 0) is 48.8 Å². The molecule has 1 saturated carbocycles. The van der Waals surface area contributed by atoms with Crippen LogP contribution in [0.2, 0.25) is 0 Å². The minimum atomic E-state index is -1.05. The van der Waals surface area contributed by atoms with Crippen LogP contribution in [-0.4, -0.2) is 67.3 Å². The Balaban J connectivity index is 1.30. The van der Waals surface area contributed by atoms with E-state index in [1.165, 1.54) is 24.9 Å². The second-order valence-corrected chi connectivity index (χ2v) is 9.08. The lowest BCUT2D eigenvalue weighted by Crippen LogP contribution is -2.46. The number of nitrogens with one attached hydrogen (secondary N) is 3. The van der Waals surface area contributed by atoms with Crippen molar-refractivity contribution in [1.29, 1.82) is 0 Å². The highest BCUT2D eigenvalue weighted by molar-refractivity contribution is 5.87. The Labute approximate surface area is 204 Å². The highest BCUT2D eigenvalue weighted by atomic mass is 19.1. The number of halogens is 1. The van der Waals surface area contributed by atoms with Gasteiger partial charge in [-0.1, -0.05) is 24.0 Å². The fourth-order valence-corrected chi connectivity index (χ4v) is 4.18. The minimum Gasteiger partial charge on any atom is -0.453 e. The van der Waals surface area contributed by atoms with Crippen LogP contribution in [0.4, 0.5) is 9.18 Å². The van der Waals surface area contributed by atoms with E-state index in [4.69, 9.17) is 4.74 Å². The van der Waals surface area contributed by atoms with Gasteiger partial charge >= 0.3 is 6.09 Å². The Hall–Kier alpha value is -3.56. The first-order valence-corrected chi connectivity index (χ1v) is 11.8. The molecule has 3 N–H and O–H groups in total. The summed E-state index contributed by atoms with van der Waals surface area (Å²) < 4.78 is 18.2. The molecule has 3 amide bonds. The maximum atomic E-state index is 13.4. The third kappa shape index (κ3) is 6.74. The van der Waals surface area contributed by atoms with Gasteiger partial charge in [0.2, 0.25) is 11.8 Å². The number of likely N-dealkylation sites (tertiary alicyclic amines) is 1. The van der Waals surface area contributed by atoms with Gasteiger partial charge in [0.05, 0.1) is 13.2 Å². The topological polar surface area (TPSA) is 99.8 Å². The number of carbonyl (C=O) groups excluding carboxylic acids is 3. The van der Waals surface area contributed by atoms with Gasteiger partial charge in [-0.2, -0.15) is 0 Å². The lowest BCUT2D eigenvalue weighted by Gasteiger charge is -2.22. The number of alkyl halides is 1. The maximum absolute atomic E-state index is 13.4. The van der Waals surface area contributed by atoms with E-state index in [1.54, 1.807) is 0 Å². The van der Waals surface area contributed by atoms with Crippen molar-refractivity contribution in [3.8, 4) is 23.7 Å². The molecule has 2 saturated heterocycles. The molecule has 3 fully saturated rings. The normalized spacial score (nSPS) is 25.0. The first-order chi connectivity index (χ1) is 16.9. The van der Waals surface area contributed by atoms with Crippen LogP contribution in [-0.2, 0) is 20.9 Å². The number of methoxy groups -OCH3 is 1. The van der Waals surface area contributed by atoms with Crippen molar-refractivity contribution in [3.05, 3.63) is 35.4 Å². The molecule has 1 aromatic rings. The predicted molar refractivity (Wildman–Crippen MR) is 126 cm³/mol. The van der Waals surface area contributed by atoms with E-state index in [1.807, 2.05) is 24.3 Å². The van der Waals surface area contributed by atoms with Crippen molar-refractivity contribution >= 4 is 17.9 Å². The van der Waals surface area contributed by atoms with Crippen molar-refractivity contribution in [2.45, 2.75) is 56.5 Å². The molecule has 3 aliphatic rings. The standard InChI is InChI=1S/C26H29FN4O4/c1-35-26(34)31-16-21(30-24(32)22-12-20(27)15-28-22)13-23(31)25(33)29-14-19-10-8-18(9-11-19)5-3-2-4-17-6-7-17/h8-11,17,20-23,28H,6-7,12-16H2,1H3,(H,29,33)(H,30,32)/t20-,21+,22-,23+/m0/s1. The Morgan fingerprint density at radius 1 is 1.14 bits per heavy atom. The summed E-state index contributed by atoms with van der Waals surface area (Å²) >= 11 is 0. The fraction of sp³-hybridized carbons (Fsp3) is 0.500. The molecule has 0 bridgehead atoms. The van der Waals surface area contributed by atoms with Gasteiger partial charge in [-0.25, -0.2) is 9.18 Å². The van der Waals surface area contributed by atoms with Crippen LogP contribution in [0.3, 0.4) is 0 Å². The van der Waals surface area contributed by atoms with Crippen LogP contribution in [0.15, 0.2) is 24.3 Å². The van der Waals surface area contributed by atoms with E-state index in [2.05, 4.69) is 39.6 Å². The molecule has 4 atom stereocenters. The molecular formula is C26H29FN4O4. The number of ether oxygens (including phenoxy) is 1. The zero-order valence-corrected chi connectivity index (χ0v) is 19.6. The average Bonchev–Trinajstić information content (AvgIpc) is 3.43.